The molecule has 3 aliphatic rings. The van der Waals surface area contributed by atoms with Gasteiger partial charge in [0.1, 0.15) is 48.8 Å². The molecule has 3 rings (SSSR count). The molecule has 0 amide bonds. The molecular weight excluding hydrogens is 384 g/mol. The first-order valence-electron chi connectivity index (χ1n) is 7.69. The van der Waals surface area contributed by atoms with E-state index in [1.807, 2.05) is 0 Å². The predicted octanol–water partition coefficient (Wildman–Crippen LogP) is -4.52. The minimum Gasteiger partial charge on any atom is -0.394 e. The summed E-state index contributed by atoms with van der Waals surface area (Å²) in [7, 11) is -4.99. The van der Waals surface area contributed by atoms with E-state index in [0.717, 1.165) is 0 Å². The Labute approximate surface area is 147 Å². The highest BCUT2D eigenvalue weighted by Crippen LogP contribution is 2.34. The predicted molar refractivity (Wildman–Crippen MR) is 75.7 cm³/mol. The lowest BCUT2D eigenvalue weighted by molar-refractivity contribution is -0.334. The van der Waals surface area contributed by atoms with Gasteiger partial charge in [-0.3, -0.25) is 4.55 Å². The summed E-state index contributed by atoms with van der Waals surface area (Å²) in [6, 6.07) is 0. The highest BCUT2D eigenvalue weighted by Gasteiger charge is 2.55. The van der Waals surface area contributed by atoms with Gasteiger partial charge in [-0.25, -0.2) is 4.18 Å². The Hall–Kier alpha value is -0.490. The van der Waals surface area contributed by atoms with E-state index in [4.69, 9.17) is 23.5 Å². The lowest BCUT2D eigenvalue weighted by atomic mass is 9.98. The molecule has 0 aromatic heterocycles. The SMILES string of the molecule is O=S(=O)(O)OC1C(CO)OC(OC2C3COC2C(O)C(O)O3)C(O)C1O. The van der Waals surface area contributed by atoms with Gasteiger partial charge in [-0.1, -0.05) is 0 Å². The van der Waals surface area contributed by atoms with E-state index in [-0.39, 0.29) is 6.61 Å². The Kier molecular flexibility index (Phi) is 5.84. The van der Waals surface area contributed by atoms with Crippen LogP contribution >= 0.6 is 0 Å². The zero-order chi connectivity index (χ0) is 19.2. The van der Waals surface area contributed by atoms with E-state index in [1.165, 1.54) is 0 Å². The monoisotopic (exact) mass is 404 g/mol. The minimum absolute atomic E-state index is 0.00720. The molecule has 3 saturated heterocycles. The topological polar surface area (TPSA) is 202 Å². The van der Waals surface area contributed by atoms with E-state index in [1.54, 1.807) is 0 Å². The second-order valence-corrected chi connectivity index (χ2v) is 7.20. The van der Waals surface area contributed by atoms with Crippen LogP contribution in [-0.2, 0) is 33.5 Å². The van der Waals surface area contributed by atoms with Crippen LogP contribution in [0.2, 0.25) is 0 Å². The Bertz CT molecular complexity index is 596. The van der Waals surface area contributed by atoms with Crippen LogP contribution in [0, 0.1) is 0 Å². The molecular formula is C12H20O13S. The van der Waals surface area contributed by atoms with Crippen LogP contribution in [0.15, 0.2) is 0 Å². The molecule has 3 heterocycles. The second-order valence-electron chi connectivity index (χ2n) is 6.15. The van der Waals surface area contributed by atoms with E-state index >= 15 is 0 Å². The first-order valence-corrected chi connectivity index (χ1v) is 9.05. The molecule has 3 aliphatic heterocycles. The fraction of sp³-hybridized carbons (Fsp3) is 1.00. The number of aliphatic hydroxyl groups is 5. The Balaban J connectivity index is 1.72. The number of hydrogen-bond acceptors (Lipinski definition) is 12. The highest BCUT2D eigenvalue weighted by molar-refractivity contribution is 7.80. The van der Waals surface area contributed by atoms with Crippen LogP contribution in [0.3, 0.4) is 0 Å². The third-order valence-electron chi connectivity index (χ3n) is 4.43. The van der Waals surface area contributed by atoms with Crippen LogP contribution in [0.4, 0.5) is 0 Å². The molecule has 0 aromatic carbocycles. The molecule has 6 N–H and O–H groups in total. The van der Waals surface area contributed by atoms with Gasteiger partial charge in [0, 0.05) is 0 Å². The average molecular weight is 404 g/mol. The quantitative estimate of drug-likeness (QED) is 0.239. The third kappa shape index (κ3) is 3.87. The van der Waals surface area contributed by atoms with Crippen molar-refractivity contribution in [2.24, 2.45) is 0 Å². The lowest BCUT2D eigenvalue weighted by Crippen LogP contribution is -2.63. The van der Waals surface area contributed by atoms with Gasteiger partial charge in [0.05, 0.1) is 13.2 Å². The van der Waals surface area contributed by atoms with E-state index in [0.29, 0.717) is 0 Å². The third-order valence-corrected chi connectivity index (χ3v) is 4.90. The highest BCUT2D eigenvalue weighted by atomic mass is 32.3. The van der Waals surface area contributed by atoms with Gasteiger partial charge in [-0.05, 0) is 0 Å². The molecule has 26 heavy (non-hydrogen) atoms. The van der Waals surface area contributed by atoms with Crippen molar-refractivity contribution < 1.29 is 61.6 Å². The molecule has 0 saturated carbocycles. The first kappa shape index (κ1) is 20.2. The first-order chi connectivity index (χ1) is 12.1. The van der Waals surface area contributed by atoms with Gasteiger partial charge < -0.3 is 44.5 Å². The molecule has 0 aliphatic carbocycles. The van der Waals surface area contributed by atoms with E-state index < -0.39 is 78.4 Å². The van der Waals surface area contributed by atoms with Crippen molar-refractivity contribution in [1.29, 1.82) is 0 Å². The summed E-state index contributed by atoms with van der Waals surface area (Å²) >= 11 is 0. The molecule has 152 valence electrons. The van der Waals surface area contributed by atoms with Crippen molar-refractivity contribution in [3.8, 4) is 0 Å². The maximum atomic E-state index is 10.9. The van der Waals surface area contributed by atoms with Gasteiger partial charge in [0.15, 0.2) is 12.6 Å². The smallest absolute Gasteiger partial charge is 0.394 e. The summed E-state index contributed by atoms with van der Waals surface area (Å²) in [4.78, 5) is 0. The lowest BCUT2D eigenvalue weighted by Gasteiger charge is -2.43. The van der Waals surface area contributed by atoms with Crippen molar-refractivity contribution in [2.45, 2.75) is 61.4 Å². The van der Waals surface area contributed by atoms with E-state index in [9.17, 15) is 34.0 Å². The molecule has 13 nitrogen and oxygen atoms in total. The summed E-state index contributed by atoms with van der Waals surface area (Å²) in [6.45, 7) is -0.831. The average Bonchev–Trinajstić information content (AvgIpc) is 2.87. The van der Waals surface area contributed by atoms with Gasteiger partial charge in [0.2, 0.25) is 0 Å². The van der Waals surface area contributed by atoms with Crippen LogP contribution in [0.5, 0.6) is 0 Å². The number of ether oxygens (including phenoxy) is 4. The fourth-order valence-corrected chi connectivity index (χ4v) is 3.70. The molecule has 0 spiro atoms. The van der Waals surface area contributed by atoms with E-state index in [2.05, 4.69) is 4.18 Å². The van der Waals surface area contributed by atoms with Crippen molar-refractivity contribution in [3.63, 3.8) is 0 Å². The Morgan fingerprint density at radius 3 is 2.31 bits per heavy atom. The zero-order valence-corrected chi connectivity index (χ0v) is 14.0. The van der Waals surface area contributed by atoms with Gasteiger partial charge >= 0.3 is 10.4 Å². The molecule has 0 radical (unpaired) electrons. The normalized spacial score (nSPS) is 49.3. The standard InChI is InChI=1S/C12H20O13S/c13-1-3-8(25-26(18,19)20)5(14)6(15)12(23-3)24-9-4-2-21-10(9)7(16)11(17)22-4/h3-17H,1-2H2,(H,18,19,20). The maximum Gasteiger partial charge on any atom is 0.397 e. The number of hydrogen-bond donors (Lipinski definition) is 6. The fourth-order valence-electron chi connectivity index (χ4n) is 3.18. The zero-order valence-electron chi connectivity index (χ0n) is 13.1. The molecule has 10 atom stereocenters. The van der Waals surface area contributed by atoms with Crippen molar-refractivity contribution in [2.75, 3.05) is 13.2 Å². The molecule has 0 aromatic rings. The number of aliphatic hydroxyl groups excluding tert-OH is 5. The van der Waals surface area contributed by atoms with Gasteiger partial charge in [0.25, 0.3) is 0 Å². The second kappa shape index (κ2) is 7.50. The molecule has 2 bridgehead atoms. The summed E-state index contributed by atoms with van der Waals surface area (Å²) < 4.78 is 55.8. The minimum atomic E-state index is -4.99. The maximum absolute atomic E-state index is 10.9. The summed E-state index contributed by atoms with van der Waals surface area (Å²) in [5, 5.41) is 48.9. The van der Waals surface area contributed by atoms with Crippen LogP contribution < -0.4 is 0 Å². The molecule has 3 fully saturated rings. The number of rotatable bonds is 5. The number of fused-ring (bicyclic) bond motifs is 2. The van der Waals surface area contributed by atoms with Gasteiger partial charge in [-0.2, -0.15) is 8.42 Å². The van der Waals surface area contributed by atoms with Crippen LogP contribution in [0.25, 0.3) is 0 Å². The summed E-state index contributed by atoms with van der Waals surface area (Å²) in [5.74, 6) is 0. The van der Waals surface area contributed by atoms with Crippen LogP contribution in [-0.4, -0.2) is 113 Å². The molecule has 14 heteroatoms. The van der Waals surface area contributed by atoms with Crippen LogP contribution in [0.1, 0.15) is 0 Å². The Morgan fingerprint density at radius 1 is 1.00 bits per heavy atom. The largest absolute Gasteiger partial charge is 0.397 e. The van der Waals surface area contributed by atoms with Crippen molar-refractivity contribution in [1.82, 2.24) is 0 Å². The molecule has 10 unspecified atom stereocenters. The van der Waals surface area contributed by atoms with Crippen molar-refractivity contribution in [3.05, 3.63) is 0 Å². The summed E-state index contributed by atoms with van der Waals surface area (Å²) in [6.07, 6.45) is -14.2. The summed E-state index contributed by atoms with van der Waals surface area (Å²) in [5.41, 5.74) is 0. The van der Waals surface area contributed by atoms with Gasteiger partial charge in [-0.15, -0.1) is 0 Å². The van der Waals surface area contributed by atoms with Crippen molar-refractivity contribution >= 4 is 10.4 Å². The Morgan fingerprint density at radius 2 is 1.69 bits per heavy atom.